The highest BCUT2D eigenvalue weighted by Crippen LogP contribution is 2.35. The van der Waals surface area contributed by atoms with Crippen LogP contribution in [0.25, 0.3) is 0 Å². The predicted octanol–water partition coefficient (Wildman–Crippen LogP) is 4.33. The molecule has 0 radical (unpaired) electrons. The van der Waals surface area contributed by atoms with E-state index in [0.29, 0.717) is 6.42 Å². The first-order valence-corrected chi connectivity index (χ1v) is 7.86. The summed E-state index contributed by atoms with van der Waals surface area (Å²) in [5, 5.41) is 10.9. The highest BCUT2D eigenvalue weighted by atomic mass is 79.9. The van der Waals surface area contributed by atoms with Crippen molar-refractivity contribution in [1.29, 1.82) is 0 Å². The van der Waals surface area contributed by atoms with Gasteiger partial charge in [0.05, 0.1) is 12.7 Å². The number of hydrogen-bond donors (Lipinski definition) is 1. The quantitative estimate of drug-likeness (QED) is 0.837. The van der Waals surface area contributed by atoms with Gasteiger partial charge in [-0.25, -0.2) is 0 Å². The second-order valence-electron chi connectivity index (χ2n) is 5.89. The molecule has 1 aliphatic carbocycles. The van der Waals surface area contributed by atoms with Crippen LogP contribution in [-0.2, 0) is 6.42 Å². The van der Waals surface area contributed by atoms with E-state index in [1.165, 1.54) is 6.42 Å². The van der Waals surface area contributed by atoms with Gasteiger partial charge in [-0.2, -0.15) is 0 Å². The molecule has 1 N–H and O–H groups in total. The van der Waals surface area contributed by atoms with E-state index in [2.05, 4.69) is 28.9 Å². The number of benzene rings is 1. The summed E-state index contributed by atoms with van der Waals surface area (Å²) in [5.74, 6) is 1.60. The standard InChI is InChI=1S/C16H23BrO2/c1-12-4-3-8-16(18,9-7-12)11-13-10-14(17)5-6-15(13)19-2/h5-6,10,12,18H,3-4,7-9,11H2,1-2H3. The zero-order valence-electron chi connectivity index (χ0n) is 11.8. The van der Waals surface area contributed by atoms with Crippen molar-refractivity contribution in [1.82, 2.24) is 0 Å². The minimum absolute atomic E-state index is 0.571. The lowest BCUT2D eigenvalue weighted by Crippen LogP contribution is -2.30. The number of ether oxygens (including phenoxy) is 1. The molecule has 0 heterocycles. The van der Waals surface area contributed by atoms with Gasteiger partial charge < -0.3 is 9.84 Å². The molecule has 0 aliphatic heterocycles. The topological polar surface area (TPSA) is 29.5 Å². The van der Waals surface area contributed by atoms with Gasteiger partial charge in [-0.15, -0.1) is 0 Å². The summed E-state index contributed by atoms with van der Waals surface area (Å²) in [5.41, 5.74) is 0.521. The van der Waals surface area contributed by atoms with Gasteiger partial charge in [0.1, 0.15) is 5.75 Å². The average molecular weight is 327 g/mol. The minimum atomic E-state index is -0.571. The lowest BCUT2D eigenvalue weighted by atomic mass is 9.87. The molecule has 2 rings (SSSR count). The van der Waals surface area contributed by atoms with Gasteiger partial charge >= 0.3 is 0 Å². The van der Waals surface area contributed by atoms with Gasteiger partial charge in [0, 0.05) is 10.9 Å². The second kappa shape index (κ2) is 6.27. The Kier molecular flexibility index (Phi) is 4.91. The third-order valence-electron chi connectivity index (χ3n) is 4.20. The molecular formula is C16H23BrO2. The van der Waals surface area contributed by atoms with Crippen LogP contribution in [0.4, 0.5) is 0 Å². The van der Waals surface area contributed by atoms with Crippen LogP contribution in [0, 0.1) is 5.92 Å². The molecule has 0 spiro atoms. The lowest BCUT2D eigenvalue weighted by Gasteiger charge is -2.27. The number of rotatable bonds is 3. The SMILES string of the molecule is COc1ccc(Br)cc1CC1(O)CCCC(C)CC1. The van der Waals surface area contributed by atoms with Crippen molar-refractivity contribution in [2.24, 2.45) is 5.92 Å². The Bertz CT molecular complexity index is 433. The molecule has 1 aliphatic rings. The first-order valence-electron chi connectivity index (χ1n) is 7.07. The summed E-state index contributed by atoms with van der Waals surface area (Å²) in [6.07, 6.45) is 5.94. The Balaban J connectivity index is 2.17. The number of hydrogen-bond acceptors (Lipinski definition) is 2. The summed E-state index contributed by atoms with van der Waals surface area (Å²) in [4.78, 5) is 0. The van der Waals surface area contributed by atoms with Crippen LogP contribution in [0.2, 0.25) is 0 Å². The van der Waals surface area contributed by atoms with E-state index in [4.69, 9.17) is 4.74 Å². The van der Waals surface area contributed by atoms with Crippen molar-refractivity contribution < 1.29 is 9.84 Å². The van der Waals surface area contributed by atoms with Gasteiger partial charge in [-0.05, 0) is 48.9 Å². The van der Waals surface area contributed by atoms with Gasteiger partial charge in [0.2, 0.25) is 0 Å². The minimum Gasteiger partial charge on any atom is -0.496 e. The zero-order chi connectivity index (χ0) is 13.9. The molecule has 0 bridgehead atoms. The van der Waals surface area contributed by atoms with E-state index >= 15 is 0 Å². The molecule has 2 nitrogen and oxygen atoms in total. The maximum atomic E-state index is 10.9. The van der Waals surface area contributed by atoms with Gasteiger partial charge in [0.15, 0.2) is 0 Å². The third-order valence-corrected chi connectivity index (χ3v) is 4.70. The number of aliphatic hydroxyl groups is 1. The van der Waals surface area contributed by atoms with Crippen LogP contribution in [0.15, 0.2) is 22.7 Å². The molecule has 1 aromatic carbocycles. The normalized spacial score (nSPS) is 27.9. The van der Waals surface area contributed by atoms with E-state index < -0.39 is 5.60 Å². The molecule has 0 aromatic heterocycles. The Morgan fingerprint density at radius 2 is 2.16 bits per heavy atom. The second-order valence-corrected chi connectivity index (χ2v) is 6.81. The highest BCUT2D eigenvalue weighted by molar-refractivity contribution is 9.10. The van der Waals surface area contributed by atoms with Gasteiger partial charge in [-0.3, -0.25) is 0 Å². The Morgan fingerprint density at radius 1 is 1.37 bits per heavy atom. The molecule has 1 aromatic rings. The van der Waals surface area contributed by atoms with Gasteiger partial charge in [-0.1, -0.05) is 35.7 Å². The Hall–Kier alpha value is -0.540. The summed E-state index contributed by atoms with van der Waals surface area (Å²) < 4.78 is 6.44. The lowest BCUT2D eigenvalue weighted by molar-refractivity contribution is 0.0238. The van der Waals surface area contributed by atoms with Crippen molar-refractivity contribution in [2.45, 2.75) is 51.0 Å². The first-order chi connectivity index (χ1) is 9.02. The average Bonchev–Trinajstić information content (AvgIpc) is 2.52. The van der Waals surface area contributed by atoms with E-state index in [1.807, 2.05) is 12.1 Å². The van der Waals surface area contributed by atoms with Crippen molar-refractivity contribution in [2.75, 3.05) is 7.11 Å². The molecule has 0 amide bonds. The van der Waals surface area contributed by atoms with Crippen LogP contribution >= 0.6 is 15.9 Å². The Morgan fingerprint density at radius 3 is 2.89 bits per heavy atom. The largest absolute Gasteiger partial charge is 0.496 e. The fraction of sp³-hybridized carbons (Fsp3) is 0.625. The zero-order valence-corrected chi connectivity index (χ0v) is 13.4. The number of halogens is 1. The molecular weight excluding hydrogens is 304 g/mol. The molecule has 0 saturated heterocycles. The van der Waals surface area contributed by atoms with E-state index in [9.17, 15) is 5.11 Å². The maximum Gasteiger partial charge on any atom is 0.122 e. The molecule has 1 fully saturated rings. The monoisotopic (exact) mass is 326 g/mol. The molecule has 2 unspecified atom stereocenters. The highest BCUT2D eigenvalue weighted by Gasteiger charge is 2.31. The summed E-state index contributed by atoms with van der Waals surface area (Å²) in [6.45, 7) is 2.28. The predicted molar refractivity (Wildman–Crippen MR) is 81.6 cm³/mol. The fourth-order valence-electron chi connectivity index (χ4n) is 2.98. The molecule has 19 heavy (non-hydrogen) atoms. The third kappa shape index (κ3) is 3.96. The van der Waals surface area contributed by atoms with Crippen LogP contribution in [0.3, 0.4) is 0 Å². The van der Waals surface area contributed by atoms with Crippen molar-refractivity contribution in [3.05, 3.63) is 28.2 Å². The summed E-state index contributed by atoms with van der Waals surface area (Å²) >= 11 is 3.50. The van der Waals surface area contributed by atoms with Crippen LogP contribution in [0.5, 0.6) is 5.75 Å². The maximum absolute atomic E-state index is 10.9. The van der Waals surface area contributed by atoms with Crippen LogP contribution < -0.4 is 4.74 Å². The van der Waals surface area contributed by atoms with E-state index in [1.54, 1.807) is 7.11 Å². The van der Waals surface area contributed by atoms with Crippen molar-refractivity contribution >= 4 is 15.9 Å². The summed E-state index contributed by atoms with van der Waals surface area (Å²) in [7, 11) is 1.69. The summed E-state index contributed by atoms with van der Waals surface area (Å²) in [6, 6.07) is 5.99. The first kappa shape index (κ1) is 14.9. The van der Waals surface area contributed by atoms with Crippen LogP contribution in [0.1, 0.15) is 44.6 Å². The molecule has 1 saturated carbocycles. The van der Waals surface area contributed by atoms with Crippen molar-refractivity contribution in [3.8, 4) is 5.75 Å². The van der Waals surface area contributed by atoms with Gasteiger partial charge in [0.25, 0.3) is 0 Å². The number of methoxy groups -OCH3 is 1. The molecule has 3 heteroatoms. The molecule has 106 valence electrons. The molecule has 2 atom stereocenters. The van der Waals surface area contributed by atoms with E-state index in [0.717, 1.165) is 47.4 Å². The smallest absolute Gasteiger partial charge is 0.122 e. The van der Waals surface area contributed by atoms with Crippen molar-refractivity contribution in [3.63, 3.8) is 0 Å². The fourth-order valence-corrected chi connectivity index (χ4v) is 3.39. The Labute approximate surface area is 124 Å². The van der Waals surface area contributed by atoms with Crippen LogP contribution in [-0.4, -0.2) is 17.8 Å². The van der Waals surface area contributed by atoms with E-state index in [-0.39, 0.29) is 0 Å².